The molecule has 0 radical (unpaired) electrons. The Labute approximate surface area is 201 Å². The minimum absolute atomic E-state index is 0.111. The molecule has 2 N–H and O–H groups in total. The number of anilines is 2. The molecule has 1 aliphatic rings. The standard InChI is InChI=1S/C25H23N5O5/c1-33-23-11-18-19(12-24(23)34-2)27-6-5-20(18)29-7-8-35-22-4-3-15(9-17(22)14-29)16-10-21(30(31)32)25(26)28-13-16/h3-6,9-13H,7-8,14H2,1-2H3,(H2,26,28). The minimum Gasteiger partial charge on any atom is -0.493 e. The first-order valence-electron chi connectivity index (χ1n) is 10.9. The zero-order chi connectivity index (χ0) is 24.5. The highest BCUT2D eigenvalue weighted by Crippen LogP contribution is 2.38. The van der Waals surface area contributed by atoms with E-state index >= 15 is 0 Å². The van der Waals surface area contributed by atoms with Gasteiger partial charge in [-0.2, -0.15) is 0 Å². The van der Waals surface area contributed by atoms with Crippen molar-refractivity contribution in [1.82, 2.24) is 9.97 Å². The number of hydrogen-bond donors (Lipinski definition) is 1. The summed E-state index contributed by atoms with van der Waals surface area (Å²) in [6.45, 7) is 1.73. The molecule has 2 aromatic heterocycles. The maximum Gasteiger partial charge on any atom is 0.311 e. The second-order valence-electron chi connectivity index (χ2n) is 8.03. The average Bonchev–Trinajstić information content (AvgIpc) is 3.09. The predicted octanol–water partition coefficient (Wildman–Crippen LogP) is 4.20. The van der Waals surface area contributed by atoms with Gasteiger partial charge in [0, 0.05) is 53.3 Å². The molecule has 0 atom stereocenters. The van der Waals surface area contributed by atoms with Crippen molar-refractivity contribution in [1.29, 1.82) is 0 Å². The highest BCUT2D eigenvalue weighted by atomic mass is 16.6. The van der Waals surface area contributed by atoms with Gasteiger partial charge in [0.25, 0.3) is 0 Å². The number of hydrogen-bond acceptors (Lipinski definition) is 9. The molecule has 10 nitrogen and oxygen atoms in total. The Balaban J connectivity index is 1.55. The molecule has 1 aliphatic heterocycles. The topological polar surface area (TPSA) is 126 Å². The number of ether oxygens (including phenoxy) is 3. The first-order valence-corrected chi connectivity index (χ1v) is 10.9. The largest absolute Gasteiger partial charge is 0.493 e. The summed E-state index contributed by atoms with van der Waals surface area (Å²) < 4.78 is 17.0. The molecule has 0 amide bonds. The number of methoxy groups -OCH3 is 2. The Kier molecular flexibility index (Phi) is 5.69. The molecule has 0 bridgehead atoms. The van der Waals surface area contributed by atoms with E-state index in [0.29, 0.717) is 36.8 Å². The van der Waals surface area contributed by atoms with E-state index in [-0.39, 0.29) is 11.5 Å². The molecular weight excluding hydrogens is 450 g/mol. The van der Waals surface area contributed by atoms with Crippen LogP contribution in [0.15, 0.2) is 54.9 Å². The van der Waals surface area contributed by atoms with Crippen LogP contribution < -0.4 is 24.8 Å². The molecule has 0 saturated carbocycles. The van der Waals surface area contributed by atoms with E-state index in [1.54, 1.807) is 20.4 Å². The lowest BCUT2D eigenvalue weighted by atomic mass is 10.0. The number of nitro groups is 1. The summed E-state index contributed by atoms with van der Waals surface area (Å²) in [5.74, 6) is 1.90. The predicted molar refractivity (Wildman–Crippen MR) is 132 cm³/mol. The number of nitrogen functional groups attached to an aromatic ring is 1. The Morgan fingerprint density at radius 3 is 2.63 bits per heavy atom. The van der Waals surface area contributed by atoms with Crippen LogP contribution in [0.3, 0.4) is 0 Å². The summed E-state index contributed by atoms with van der Waals surface area (Å²) in [6.07, 6.45) is 3.31. The Morgan fingerprint density at radius 1 is 1.06 bits per heavy atom. The number of benzene rings is 2. The van der Waals surface area contributed by atoms with Crippen LogP contribution in [0.1, 0.15) is 5.56 Å². The number of nitrogens with two attached hydrogens (primary N) is 1. The van der Waals surface area contributed by atoms with Gasteiger partial charge in [0.15, 0.2) is 11.5 Å². The summed E-state index contributed by atoms with van der Waals surface area (Å²) in [4.78, 5) is 21.5. The van der Waals surface area contributed by atoms with Gasteiger partial charge in [-0.15, -0.1) is 0 Å². The van der Waals surface area contributed by atoms with Crippen molar-refractivity contribution in [3.8, 4) is 28.4 Å². The van der Waals surface area contributed by atoms with Crippen molar-refractivity contribution in [2.24, 2.45) is 0 Å². The fraction of sp³-hybridized carbons (Fsp3) is 0.200. The maximum absolute atomic E-state index is 11.3. The lowest BCUT2D eigenvalue weighted by Crippen LogP contribution is -2.25. The minimum atomic E-state index is -0.530. The monoisotopic (exact) mass is 473 g/mol. The second kappa shape index (κ2) is 8.98. The smallest absolute Gasteiger partial charge is 0.311 e. The van der Waals surface area contributed by atoms with Gasteiger partial charge in [-0.1, -0.05) is 6.07 Å². The van der Waals surface area contributed by atoms with Gasteiger partial charge in [-0.3, -0.25) is 15.1 Å². The lowest BCUT2D eigenvalue weighted by Gasteiger charge is -2.24. The van der Waals surface area contributed by atoms with E-state index in [2.05, 4.69) is 14.9 Å². The van der Waals surface area contributed by atoms with E-state index in [0.717, 1.165) is 33.5 Å². The molecule has 10 heteroatoms. The van der Waals surface area contributed by atoms with E-state index < -0.39 is 4.92 Å². The van der Waals surface area contributed by atoms with E-state index in [4.69, 9.17) is 19.9 Å². The molecule has 5 rings (SSSR count). The first kappa shape index (κ1) is 22.2. The molecule has 0 saturated heterocycles. The molecular formula is C25H23N5O5. The molecule has 3 heterocycles. The molecule has 4 aromatic rings. The van der Waals surface area contributed by atoms with Gasteiger partial charge in [0.05, 0.1) is 31.2 Å². The van der Waals surface area contributed by atoms with Crippen LogP contribution in [0.25, 0.3) is 22.0 Å². The van der Waals surface area contributed by atoms with Crippen molar-refractivity contribution in [2.45, 2.75) is 6.54 Å². The molecule has 0 spiro atoms. The van der Waals surface area contributed by atoms with Gasteiger partial charge in [-0.25, -0.2) is 4.98 Å². The zero-order valence-electron chi connectivity index (χ0n) is 19.2. The van der Waals surface area contributed by atoms with Crippen LogP contribution in [-0.2, 0) is 6.54 Å². The Morgan fingerprint density at radius 2 is 1.86 bits per heavy atom. The van der Waals surface area contributed by atoms with Gasteiger partial charge < -0.3 is 24.8 Å². The Hall–Kier alpha value is -4.60. The lowest BCUT2D eigenvalue weighted by molar-refractivity contribution is -0.384. The summed E-state index contributed by atoms with van der Waals surface area (Å²) in [5.41, 5.74) is 9.57. The van der Waals surface area contributed by atoms with Crippen molar-refractivity contribution in [3.05, 3.63) is 70.5 Å². The summed E-state index contributed by atoms with van der Waals surface area (Å²) in [6, 6.07) is 12.9. The van der Waals surface area contributed by atoms with Gasteiger partial charge in [0.1, 0.15) is 12.4 Å². The maximum atomic E-state index is 11.3. The van der Waals surface area contributed by atoms with Crippen molar-refractivity contribution in [2.75, 3.05) is 38.0 Å². The van der Waals surface area contributed by atoms with Crippen LogP contribution in [0, 0.1) is 10.1 Å². The normalized spacial score (nSPS) is 13.0. The van der Waals surface area contributed by atoms with E-state index in [1.165, 1.54) is 12.3 Å². The van der Waals surface area contributed by atoms with Crippen molar-refractivity contribution >= 4 is 28.1 Å². The number of rotatable bonds is 5. The Bertz CT molecular complexity index is 1440. The highest BCUT2D eigenvalue weighted by Gasteiger charge is 2.21. The fourth-order valence-electron chi connectivity index (χ4n) is 4.28. The van der Waals surface area contributed by atoms with Crippen LogP contribution in [0.4, 0.5) is 17.2 Å². The molecule has 0 aliphatic carbocycles. The number of aromatic nitrogens is 2. The third kappa shape index (κ3) is 4.10. The van der Waals surface area contributed by atoms with E-state index in [1.807, 2.05) is 36.4 Å². The average molecular weight is 473 g/mol. The quantitative estimate of drug-likeness (QED) is 0.335. The van der Waals surface area contributed by atoms with Crippen LogP contribution in [0.5, 0.6) is 17.2 Å². The van der Waals surface area contributed by atoms with Crippen molar-refractivity contribution < 1.29 is 19.1 Å². The van der Waals surface area contributed by atoms with Gasteiger partial charge in [-0.05, 0) is 29.8 Å². The number of nitrogens with zero attached hydrogens (tertiary/aromatic N) is 4. The van der Waals surface area contributed by atoms with Gasteiger partial charge >= 0.3 is 5.69 Å². The summed E-state index contributed by atoms with van der Waals surface area (Å²) in [5, 5.41) is 12.2. The second-order valence-corrected chi connectivity index (χ2v) is 8.03. The molecule has 35 heavy (non-hydrogen) atoms. The fourth-order valence-corrected chi connectivity index (χ4v) is 4.28. The molecule has 0 unspecified atom stereocenters. The summed E-state index contributed by atoms with van der Waals surface area (Å²) >= 11 is 0. The number of pyridine rings is 2. The van der Waals surface area contributed by atoms with Crippen molar-refractivity contribution in [3.63, 3.8) is 0 Å². The van der Waals surface area contributed by atoms with Crippen LogP contribution in [-0.4, -0.2) is 42.3 Å². The van der Waals surface area contributed by atoms with E-state index in [9.17, 15) is 10.1 Å². The van der Waals surface area contributed by atoms with Crippen LogP contribution in [0.2, 0.25) is 0 Å². The first-order chi connectivity index (χ1) is 17.0. The third-order valence-electron chi connectivity index (χ3n) is 6.03. The number of fused-ring (bicyclic) bond motifs is 2. The van der Waals surface area contributed by atoms with Gasteiger partial charge in [0.2, 0.25) is 5.82 Å². The zero-order valence-corrected chi connectivity index (χ0v) is 19.2. The molecule has 0 fully saturated rings. The molecule has 2 aromatic carbocycles. The highest BCUT2D eigenvalue weighted by molar-refractivity contribution is 5.94. The SMILES string of the molecule is COc1cc2nccc(N3CCOc4ccc(-c5cnc(N)c([N+](=O)[O-])c5)cc4C3)c2cc1OC. The molecule has 178 valence electrons. The summed E-state index contributed by atoms with van der Waals surface area (Å²) in [7, 11) is 3.20. The third-order valence-corrected chi connectivity index (χ3v) is 6.03. The van der Waals surface area contributed by atoms with Crippen LogP contribution >= 0.6 is 0 Å².